The van der Waals surface area contributed by atoms with E-state index in [0.29, 0.717) is 0 Å². The van der Waals surface area contributed by atoms with Gasteiger partial charge in [0.15, 0.2) is 6.16 Å². The molecule has 0 saturated heterocycles. The number of hydrogen-bond donors (Lipinski definition) is 0. The third-order valence-corrected chi connectivity index (χ3v) is 2.94. The maximum absolute atomic E-state index is 11.3. The van der Waals surface area contributed by atoms with Gasteiger partial charge in [-0.1, -0.05) is 0 Å². The number of alkyl halides is 3. The summed E-state index contributed by atoms with van der Waals surface area (Å²) >= 11 is 1.29. The molecule has 0 fully saturated rings. The van der Waals surface area contributed by atoms with Gasteiger partial charge in [0.1, 0.15) is 0 Å². The first-order valence-electron chi connectivity index (χ1n) is 1.97. The maximum Gasteiger partial charge on any atom is 0.422 e. The first-order valence-corrected chi connectivity index (χ1v) is 5.49. The summed E-state index contributed by atoms with van der Waals surface area (Å²) in [5.74, 6) is 0. The van der Waals surface area contributed by atoms with Crippen LogP contribution in [0.1, 0.15) is 0 Å². The van der Waals surface area contributed by atoms with Crippen molar-refractivity contribution in [3.63, 3.8) is 0 Å². The smallest absolute Gasteiger partial charge is 0.422 e. The lowest BCUT2D eigenvalue weighted by Crippen LogP contribution is -3.00. The Balaban J connectivity index is 0. The Morgan fingerprint density at radius 2 is 1.89 bits per heavy atom. The van der Waals surface area contributed by atoms with Crippen molar-refractivity contribution in [2.45, 2.75) is 6.18 Å². The van der Waals surface area contributed by atoms with Crippen LogP contribution in [0.25, 0.3) is 0 Å². The monoisotopic (exact) mass is 198 g/mol. The Bertz CT molecular complexity index is 66.6. The van der Waals surface area contributed by atoms with Gasteiger partial charge < -0.3 is 12.4 Å². The maximum atomic E-state index is 11.3. The van der Waals surface area contributed by atoms with Crippen LogP contribution in [0.5, 0.6) is 0 Å². The predicted molar refractivity (Wildman–Crippen MR) is 34.1 cm³/mol. The Kier molecular flexibility index (Phi) is 7.84. The third kappa shape index (κ3) is 12.1. The van der Waals surface area contributed by atoms with Crippen molar-refractivity contribution in [3.05, 3.63) is 0 Å². The number of hydrogen-bond acceptors (Lipinski definition) is 1. The highest BCUT2D eigenvalue weighted by Crippen LogP contribution is 2.33. The Morgan fingerprint density at radius 1 is 1.44 bits per heavy atom. The van der Waals surface area contributed by atoms with E-state index in [2.05, 4.69) is 0 Å². The molecule has 0 N–H and O–H groups in total. The van der Waals surface area contributed by atoms with Gasteiger partial charge >= 0.3 is 6.18 Å². The molecule has 1 atom stereocenters. The van der Waals surface area contributed by atoms with Crippen molar-refractivity contribution >= 4 is 19.2 Å². The van der Waals surface area contributed by atoms with E-state index in [1.165, 1.54) is 11.4 Å². The summed E-state index contributed by atoms with van der Waals surface area (Å²) in [6, 6.07) is 0. The van der Waals surface area contributed by atoms with Crippen molar-refractivity contribution in [2.24, 2.45) is 0 Å². The van der Waals surface area contributed by atoms with E-state index in [1.807, 2.05) is 0 Å². The van der Waals surface area contributed by atoms with Crippen LogP contribution < -0.4 is 12.4 Å². The lowest BCUT2D eigenvalue weighted by molar-refractivity contribution is -0.105. The van der Waals surface area contributed by atoms with Gasteiger partial charge in [-0.2, -0.15) is 13.2 Å². The minimum absolute atomic E-state index is 0. The molecule has 0 aromatic rings. The van der Waals surface area contributed by atoms with Crippen LogP contribution >= 0.6 is 19.2 Å². The number of rotatable bonds is 2. The van der Waals surface area contributed by atoms with Crippen LogP contribution in [-0.2, 0) is 0 Å². The molecule has 1 unspecified atom stereocenters. The quantitative estimate of drug-likeness (QED) is 0.526. The molecule has 0 aliphatic heterocycles. The average Bonchev–Trinajstić information content (AvgIpc) is 1.59. The van der Waals surface area contributed by atoms with Gasteiger partial charge in [0, 0.05) is 17.6 Å². The normalized spacial score (nSPS) is 12.0. The first kappa shape index (κ1) is 12.5. The molecule has 0 bridgehead atoms. The summed E-state index contributed by atoms with van der Waals surface area (Å²) < 4.78 is 33.8. The van der Waals surface area contributed by atoms with Crippen LogP contribution in [0.2, 0.25) is 0 Å². The van der Waals surface area contributed by atoms with E-state index in [1.54, 1.807) is 6.26 Å². The fraction of sp³-hybridized carbons (Fsp3) is 1.00. The molecule has 6 heteroatoms. The predicted octanol–water partition coefficient (Wildman–Crippen LogP) is -0.759. The standard InChI is InChI=1S/C3H6F3PS.ClH/c1-8-7-2-3(4,5)6;/h7H,2H2,1H3;1H. The molecule has 0 aromatic heterocycles. The third-order valence-electron chi connectivity index (χ3n) is 0.481. The van der Waals surface area contributed by atoms with E-state index in [0.717, 1.165) is 0 Å². The van der Waals surface area contributed by atoms with Crippen LogP contribution in [0.3, 0.4) is 0 Å². The minimum atomic E-state index is -3.93. The molecule has 0 saturated carbocycles. The van der Waals surface area contributed by atoms with Gasteiger partial charge in [-0.25, -0.2) is 0 Å². The summed E-state index contributed by atoms with van der Waals surface area (Å²) in [4.78, 5) is 0. The minimum Gasteiger partial charge on any atom is -1.00 e. The zero-order chi connectivity index (χ0) is 6.62. The van der Waals surface area contributed by atoms with Gasteiger partial charge in [0.2, 0.25) is 0 Å². The van der Waals surface area contributed by atoms with Crippen LogP contribution in [0, 0.1) is 0 Å². The molecule has 0 radical (unpaired) electrons. The van der Waals surface area contributed by atoms with Crippen molar-refractivity contribution in [1.82, 2.24) is 0 Å². The van der Waals surface area contributed by atoms with Crippen LogP contribution in [-0.4, -0.2) is 18.6 Å². The lowest BCUT2D eigenvalue weighted by atomic mass is 10.8. The zero-order valence-corrected chi connectivity index (χ0v) is 7.43. The second-order valence-corrected chi connectivity index (χ2v) is 4.85. The summed E-state index contributed by atoms with van der Waals surface area (Å²) in [5.41, 5.74) is 0. The molecule has 0 heterocycles. The highest BCUT2D eigenvalue weighted by atomic mass is 35.5. The molecule has 58 valence electrons. The van der Waals surface area contributed by atoms with Crippen molar-refractivity contribution in [2.75, 3.05) is 12.4 Å². The molecular weight excluding hydrogens is 192 g/mol. The molecule has 0 aliphatic carbocycles. The van der Waals surface area contributed by atoms with E-state index in [-0.39, 0.29) is 12.4 Å². The zero-order valence-electron chi connectivity index (χ0n) is 4.70. The van der Waals surface area contributed by atoms with Gasteiger partial charge in [-0.3, -0.25) is 0 Å². The Labute approximate surface area is 63.9 Å². The largest absolute Gasteiger partial charge is 1.00 e. The average molecular weight is 199 g/mol. The van der Waals surface area contributed by atoms with Crippen LogP contribution in [0.15, 0.2) is 0 Å². The molecule has 0 aliphatic rings. The lowest BCUT2D eigenvalue weighted by Gasteiger charge is -1.97. The van der Waals surface area contributed by atoms with E-state index < -0.39 is 20.1 Å². The highest BCUT2D eigenvalue weighted by molar-refractivity contribution is 8.49. The van der Waals surface area contributed by atoms with Gasteiger partial charge in [0.05, 0.1) is 7.78 Å². The summed E-state index contributed by atoms with van der Waals surface area (Å²) in [5, 5.41) is 0. The molecule has 0 nitrogen and oxygen atoms in total. The van der Waals surface area contributed by atoms with Gasteiger partial charge in [0.25, 0.3) is 0 Å². The summed E-state index contributed by atoms with van der Waals surface area (Å²) in [7, 11) is -0.466. The van der Waals surface area contributed by atoms with Crippen molar-refractivity contribution < 1.29 is 25.6 Å². The van der Waals surface area contributed by atoms with E-state index in [9.17, 15) is 13.2 Å². The summed E-state index contributed by atoms with van der Waals surface area (Å²) in [6.45, 7) is 0. The molecule has 0 amide bonds. The summed E-state index contributed by atoms with van der Waals surface area (Å²) in [6.07, 6.45) is -2.83. The molecule has 9 heavy (non-hydrogen) atoms. The van der Waals surface area contributed by atoms with Crippen molar-refractivity contribution in [1.29, 1.82) is 0 Å². The fourth-order valence-corrected chi connectivity index (χ4v) is 1.60. The molecular formula is C3H7ClF3PS. The Hall–Kier alpha value is 0.860. The number of halogens is 4. The van der Waals surface area contributed by atoms with Gasteiger partial charge in [-0.05, 0) is 0 Å². The van der Waals surface area contributed by atoms with Crippen molar-refractivity contribution in [3.8, 4) is 0 Å². The molecule has 0 rings (SSSR count). The fourth-order valence-electron chi connectivity index (χ4n) is 0.178. The topological polar surface area (TPSA) is 0 Å². The molecule has 0 spiro atoms. The van der Waals surface area contributed by atoms with E-state index in [4.69, 9.17) is 0 Å². The van der Waals surface area contributed by atoms with Gasteiger partial charge in [-0.15, -0.1) is 0 Å². The van der Waals surface area contributed by atoms with E-state index >= 15 is 0 Å². The van der Waals surface area contributed by atoms with Crippen LogP contribution in [0.4, 0.5) is 13.2 Å². The second-order valence-electron chi connectivity index (χ2n) is 1.22. The molecule has 0 aromatic carbocycles. The Morgan fingerprint density at radius 3 is 2.00 bits per heavy atom. The first-order chi connectivity index (χ1) is 3.56. The highest BCUT2D eigenvalue weighted by Gasteiger charge is 2.29. The second kappa shape index (κ2) is 5.63. The SMILES string of the molecule is CS[PH2+]CC(F)(F)F.[Cl-].